The minimum atomic E-state index is -0.0135. The van der Waals surface area contributed by atoms with E-state index in [4.69, 9.17) is 4.98 Å². The largest absolute Gasteiger partial charge is 0.365 e. The molecule has 0 atom stereocenters. The van der Waals surface area contributed by atoms with E-state index in [0.29, 0.717) is 6.54 Å². The summed E-state index contributed by atoms with van der Waals surface area (Å²) in [6.45, 7) is 1.67. The van der Waals surface area contributed by atoms with E-state index >= 15 is 0 Å². The van der Waals surface area contributed by atoms with Crippen molar-refractivity contribution in [3.8, 4) is 11.3 Å². The molecule has 0 N–H and O–H groups in total. The molecule has 0 radical (unpaired) electrons. The molecular formula is C22H19N3OS. The molecule has 0 fully saturated rings. The van der Waals surface area contributed by atoms with Gasteiger partial charge >= 0.3 is 0 Å². The highest BCUT2D eigenvalue weighted by molar-refractivity contribution is 7.15. The predicted octanol–water partition coefficient (Wildman–Crippen LogP) is 4.38. The highest BCUT2D eigenvalue weighted by atomic mass is 32.1. The molecule has 134 valence electrons. The molecule has 0 saturated heterocycles. The Kier molecular flexibility index (Phi) is 4.02. The summed E-state index contributed by atoms with van der Waals surface area (Å²) in [5, 5.41) is 2.01. The highest BCUT2D eigenvalue weighted by Gasteiger charge is 2.18. The van der Waals surface area contributed by atoms with Crippen molar-refractivity contribution in [1.29, 1.82) is 0 Å². The van der Waals surface area contributed by atoms with Gasteiger partial charge in [0.05, 0.1) is 17.9 Å². The maximum absolute atomic E-state index is 12.9. The molecule has 0 amide bonds. The van der Waals surface area contributed by atoms with Gasteiger partial charge in [0.2, 0.25) is 0 Å². The van der Waals surface area contributed by atoms with Crippen LogP contribution in [0, 0.1) is 0 Å². The summed E-state index contributed by atoms with van der Waals surface area (Å²) in [5.74, 6) is 0. The van der Waals surface area contributed by atoms with E-state index in [-0.39, 0.29) is 5.56 Å². The third kappa shape index (κ3) is 2.94. The Bertz CT molecular complexity index is 1160. The zero-order chi connectivity index (χ0) is 18.2. The Morgan fingerprint density at radius 1 is 1.04 bits per heavy atom. The quantitative estimate of drug-likeness (QED) is 0.535. The smallest absolute Gasteiger partial charge is 0.259 e. The average molecular weight is 373 g/mol. The second kappa shape index (κ2) is 6.67. The lowest BCUT2D eigenvalue weighted by Crippen LogP contribution is -2.30. The van der Waals surface area contributed by atoms with Gasteiger partial charge in [0.15, 0.2) is 4.96 Å². The van der Waals surface area contributed by atoms with Crippen LogP contribution in [0.1, 0.15) is 17.7 Å². The van der Waals surface area contributed by atoms with Gasteiger partial charge in [0, 0.05) is 23.7 Å². The molecule has 0 unspecified atom stereocenters. The molecule has 3 heterocycles. The number of rotatable bonds is 3. The van der Waals surface area contributed by atoms with Gasteiger partial charge in [-0.25, -0.2) is 4.98 Å². The number of thiazole rings is 1. The molecule has 4 aromatic rings. The first-order valence-electron chi connectivity index (χ1n) is 9.18. The molecule has 0 saturated carbocycles. The van der Waals surface area contributed by atoms with E-state index in [1.54, 1.807) is 10.5 Å². The standard InChI is InChI=1S/C22H19N3OS/c26-21-13-18(14-24-12-6-10-16-9-4-5-11-19(16)24)23-22-25(21)20(15-27-22)17-7-2-1-3-8-17/h1-5,7-9,11,13,15H,6,10,12,14H2. The van der Waals surface area contributed by atoms with E-state index in [1.165, 1.54) is 22.6 Å². The van der Waals surface area contributed by atoms with Gasteiger partial charge in [-0.05, 0) is 30.0 Å². The molecule has 4 nitrogen and oxygen atoms in total. The van der Waals surface area contributed by atoms with Crippen molar-refractivity contribution in [3.63, 3.8) is 0 Å². The van der Waals surface area contributed by atoms with Crippen molar-refractivity contribution < 1.29 is 0 Å². The lowest BCUT2D eigenvalue weighted by atomic mass is 10.0. The van der Waals surface area contributed by atoms with Gasteiger partial charge in [-0.15, -0.1) is 11.3 Å². The molecule has 1 aliphatic rings. The van der Waals surface area contributed by atoms with Gasteiger partial charge in [-0.1, -0.05) is 48.5 Å². The number of para-hydroxylation sites is 1. The maximum Gasteiger partial charge on any atom is 0.259 e. The molecule has 2 aromatic heterocycles. The highest BCUT2D eigenvalue weighted by Crippen LogP contribution is 2.28. The maximum atomic E-state index is 12.9. The summed E-state index contributed by atoms with van der Waals surface area (Å²) < 4.78 is 1.72. The lowest BCUT2D eigenvalue weighted by Gasteiger charge is -2.30. The van der Waals surface area contributed by atoms with Crippen LogP contribution in [0.5, 0.6) is 0 Å². The Morgan fingerprint density at radius 2 is 1.85 bits per heavy atom. The average Bonchev–Trinajstić information content (AvgIpc) is 3.14. The summed E-state index contributed by atoms with van der Waals surface area (Å²) in [7, 11) is 0. The molecule has 1 aliphatic heterocycles. The summed E-state index contributed by atoms with van der Waals surface area (Å²) >= 11 is 1.52. The number of aromatic nitrogens is 2. The lowest BCUT2D eigenvalue weighted by molar-refractivity contribution is 0.683. The second-order valence-corrected chi connectivity index (χ2v) is 7.68. The first-order valence-corrected chi connectivity index (χ1v) is 10.1. The van der Waals surface area contributed by atoms with Crippen molar-refractivity contribution in [1.82, 2.24) is 9.38 Å². The van der Waals surface area contributed by atoms with Crippen LogP contribution in [0.2, 0.25) is 0 Å². The van der Waals surface area contributed by atoms with Crippen LogP contribution in [-0.4, -0.2) is 15.9 Å². The molecule has 5 heteroatoms. The number of fused-ring (bicyclic) bond motifs is 2. The first kappa shape index (κ1) is 16.3. The fraction of sp³-hybridized carbons (Fsp3) is 0.182. The van der Waals surface area contributed by atoms with Crippen molar-refractivity contribution >= 4 is 22.0 Å². The van der Waals surface area contributed by atoms with Crippen LogP contribution >= 0.6 is 11.3 Å². The Balaban J connectivity index is 1.53. The van der Waals surface area contributed by atoms with Gasteiger partial charge in [0.1, 0.15) is 0 Å². The number of anilines is 1. The van der Waals surface area contributed by atoms with Crippen molar-refractivity contribution in [2.45, 2.75) is 19.4 Å². The van der Waals surface area contributed by atoms with E-state index in [1.807, 2.05) is 35.7 Å². The summed E-state index contributed by atoms with van der Waals surface area (Å²) in [6, 6.07) is 20.2. The topological polar surface area (TPSA) is 37.6 Å². The third-order valence-corrected chi connectivity index (χ3v) is 5.91. The number of aryl methyl sites for hydroxylation is 1. The molecular weight excluding hydrogens is 354 g/mol. The van der Waals surface area contributed by atoms with Crippen LogP contribution in [0.4, 0.5) is 5.69 Å². The molecule has 27 heavy (non-hydrogen) atoms. The number of hydrogen-bond donors (Lipinski definition) is 0. The van der Waals surface area contributed by atoms with E-state index in [2.05, 4.69) is 29.2 Å². The summed E-state index contributed by atoms with van der Waals surface area (Å²) in [4.78, 5) is 20.7. The number of nitrogens with zero attached hydrogens (tertiary/aromatic N) is 3. The first-order chi connectivity index (χ1) is 13.3. The SMILES string of the molecule is O=c1cc(CN2CCCc3ccccc32)nc2scc(-c3ccccc3)n12. The Morgan fingerprint density at radius 3 is 2.74 bits per heavy atom. The van der Waals surface area contributed by atoms with E-state index in [9.17, 15) is 4.79 Å². The minimum absolute atomic E-state index is 0.0135. The predicted molar refractivity (Wildman–Crippen MR) is 111 cm³/mol. The molecule has 0 aliphatic carbocycles. The zero-order valence-electron chi connectivity index (χ0n) is 14.8. The molecule has 5 rings (SSSR count). The Labute approximate surface area is 161 Å². The fourth-order valence-corrected chi connectivity index (χ4v) is 4.75. The van der Waals surface area contributed by atoms with E-state index in [0.717, 1.165) is 41.3 Å². The van der Waals surface area contributed by atoms with Crippen LogP contribution in [0.15, 0.2) is 70.8 Å². The minimum Gasteiger partial charge on any atom is -0.365 e. The fourth-order valence-electron chi connectivity index (χ4n) is 3.83. The van der Waals surface area contributed by atoms with Crippen LogP contribution < -0.4 is 10.5 Å². The molecule has 0 bridgehead atoms. The Hall–Kier alpha value is -2.92. The monoisotopic (exact) mass is 373 g/mol. The van der Waals surface area contributed by atoms with Crippen LogP contribution in [-0.2, 0) is 13.0 Å². The third-order valence-electron chi connectivity index (χ3n) is 5.09. The summed E-state index contributed by atoms with van der Waals surface area (Å²) in [6.07, 6.45) is 2.25. The molecule has 0 spiro atoms. The normalized spacial score (nSPS) is 13.7. The van der Waals surface area contributed by atoms with Crippen LogP contribution in [0.25, 0.3) is 16.2 Å². The number of benzene rings is 2. The second-order valence-electron chi connectivity index (χ2n) is 6.84. The molecule has 2 aromatic carbocycles. The van der Waals surface area contributed by atoms with Gasteiger partial charge in [-0.3, -0.25) is 9.20 Å². The summed E-state index contributed by atoms with van der Waals surface area (Å²) in [5.41, 5.74) is 5.40. The number of hydrogen-bond acceptors (Lipinski definition) is 4. The zero-order valence-corrected chi connectivity index (χ0v) is 15.7. The van der Waals surface area contributed by atoms with Gasteiger partial charge < -0.3 is 4.90 Å². The van der Waals surface area contributed by atoms with E-state index < -0.39 is 0 Å². The van der Waals surface area contributed by atoms with Crippen LogP contribution in [0.3, 0.4) is 0 Å². The van der Waals surface area contributed by atoms with Crippen molar-refractivity contribution in [2.75, 3.05) is 11.4 Å². The van der Waals surface area contributed by atoms with Crippen molar-refractivity contribution in [3.05, 3.63) is 87.7 Å². The van der Waals surface area contributed by atoms with Gasteiger partial charge in [-0.2, -0.15) is 0 Å². The van der Waals surface area contributed by atoms with Crippen molar-refractivity contribution in [2.24, 2.45) is 0 Å². The van der Waals surface area contributed by atoms with Gasteiger partial charge in [0.25, 0.3) is 5.56 Å².